The summed E-state index contributed by atoms with van der Waals surface area (Å²) in [6.45, 7) is 2.62. The summed E-state index contributed by atoms with van der Waals surface area (Å²) in [5.74, 6) is -0.130. The highest BCUT2D eigenvalue weighted by molar-refractivity contribution is 5.92. The zero-order valence-corrected chi connectivity index (χ0v) is 16.1. The second kappa shape index (κ2) is 9.98. The second-order valence-corrected chi connectivity index (χ2v) is 6.22. The average molecular weight is 390 g/mol. The molecular formula is C22H22N4O3. The van der Waals surface area contributed by atoms with Gasteiger partial charge in [0, 0.05) is 12.2 Å². The third kappa shape index (κ3) is 5.87. The SMILES string of the molecule is CCOC(=O)c1ccc(Nc2ccc(C(=O)NCCc3ccccc3)nn2)cc1. The molecule has 1 heterocycles. The number of esters is 1. The van der Waals surface area contributed by atoms with E-state index in [1.54, 1.807) is 43.3 Å². The van der Waals surface area contributed by atoms with Crippen LogP contribution in [0.3, 0.4) is 0 Å². The predicted molar refractivity (Wildman–Crippen MR) is 110 cm³/mol. The molecule has 3 rings (SSSR count). The van der Waals surface area contributed by atoms with E-state index in [0.29, 0.717) is 24.5 Å². The highest BCUT2D eigenvalue weighted by Crippen LogP contribution is 2.15. The fraction of sp³-hybridized carbons (Fsp3) is 0.182. The molecule has 0 spiro atoms. The zero-order valence-electron chi connectivity index (χ0n) is 16.1. The number of nitrogens with one attached hydrogen (secondary N) is 2. The first-order valence-electron chi connectivity index (χ1n) is 9.36. The number of benzene rings is 2. The van der Waals surface area contributed by atoms with E-state index in [0.717, 1.165) is 17.7 Å². The molecule has 0 bridgehead atoms. The Morgan fingerprint density at radius 3 is 2.34 bits per heavy atom. The summed E-state index contributed by atoms with van der Waals surface area (Å²) in [6.07, 6.45) is 0.751. The van der Waals surface area contributed by atoms with Crippen molar-refractivity contribution in [2.45, 2.75) is 13.3 Å². The second-order valence-electron chi connectivity index (χ2n) is 6.22. The van der Waals surface area contributed by atoms with Gasteiger partial charge in [0.25, 0.3) is 5.91 Å². The van der Waals surface area contributed by atoms with E-state index in [1.807, 2.05) is 30.3 Å². The monoisotopic (exact) mass is 390 g/mol. The van der Waals surface area contributed by atoms with Crippen LogP contribution < -0.4 is 10.6 Å². The van der Waals surface area contributed by atoms with E-state index in [1.165, 1.54) is 0 Å². The van der Waals surface area contributed by atoms with Gasteiger partial charge in [-0.25, -0.2) is 4.79 Å². The minimum absolute atomic E-state index is 0.251. The third-order valence-electron chi connectivity index (χ3n) is 4.11. The number of hydrogen-bond donors (Lipinski definition) is 2. The number of rotatable bonds is 8. The van der Waals surface area contributed by atoms with E-state index in [-0.39, 0.29) is 17.6 Å². The lowest BCUT2D eigenvalue weighted by molar-refractivity contribution is 0.0526. The van der Waals surface area contributed by atoms with Gasteiger partial charge in [0.1, 0.15) is 0 Å². The van der Waals surface area contributed by atoms with Crippen LogP contribution in [0.25, 0.3) is 0 Å². The number of anilines is 2. The summed E-state index contributed by atoms with van der Waals surface area (Å²) in [5.41, 5.74) is 2.63. The van der Waals surface area contributed by atoms with Crippen molar-refractivity contribution in [1.82, 2.24) is 15.5 Å². The van der Waals surface area contributed by atoms with Gasteiger partial charge in [0.05, 0.1) is 12.2 Å². The molecule has 1 aromatic heterocycles. The van der Waals surface area contributed by atoms with Crippen LogP contribution in [-0.4, -0.2) is 35.2 Å². The molecule has 2 aromatic carbocycles. The Morgan fingerprint density at radius 1 is 0.931 bits per heavy atom. The van der Waals surface area contributed by atoms with Gasteiger partial charge >= 0.3 is 5.97 Å². The number of ether oxygens (including phenoxy) is 1. The lowest BCUT2D eigenvalue weighted by Crippen LogP contribution is -2.26. The van der Waals surface area contributed by atoms with Crippen LogP contribution in [0.1, 0.15) is 33.3 Å². The molecule has 7 heteroatoms. The third-order valence-corrected chi connectivity index (χ3v) is 4.11. The molecule has 148 valence electrons. The summed E-state index contributed by atoms with van der Waals surface area (Å²) < 4.78 is 4.96. The van der Waals surface area contributed by atoms with E-state index >= 15 is 0 Å². The smallest absolute Gasteiger partial charge is 0.338 e. The minimum Gasteiger partial charge on any atom is -0.462 e. The van der Waals surface area contributed by atoms with Gasteiger partial charge in [-0.3, -0.25) is 4.79 Å². The lowest BCUT2D eigenvalue weighted by atomic mass is 10.1. The molecule has 3 aromatic rings. The maximum absolute atomic E-state index is 12.2. The minimum atomic E-state index is -0.360. The number of hydrogen-bond acceptors (Lipinski definition) is 6. The van der Waals surface area contributed by atoms with Crippen LogP contribution in [0, 0.1) is 0 Å². The van der Waals surface area contributed by atoms with E-state index < -0.39 is 0 Å². The Hall–Kier alpha value is -3.74. The lowest BCUT2D eigenvalue weighted by Gasteiger charge is -2.07. The predicted octanol–water partition coefficient (Wildman–Crippen LogP) is 3.37. The molecular weight excluding hydrogens is 368 g/mol. The first-order valence-corrected chi connectivity index (χ1v) is 9.36. The molecule has 0 aliphatic heterocycles. The van der Waals surface area contributed by atoms with Gasteiger partial charge in [-0.05, 0) is 55.3 Å². The molecule has 1 amide bonds. The zero-order chi connectivity index (χ0) is 20.5. The normalized spacial score (nSPS) is 10.2. The molecule has 0 saturated carbocycles. The van der Waals surface area contributed by atoms with E-state index in [9.17, 15) is 9.59 Å². The van der Waals surface area contributed by atoms with Crippen LogP contribution >= 0.6 is 0 Å². The molecule has 0 aliphatic rings. The number of nitrogens with zero attached hydrogens (tertiary/aromatic N) is 2. The maximum atomic E-state index is 12.2. The van der Waals surface area contributed by atoms with Crippen molar-refractivity contribution in [1.29, 1.82) is 0 Å². The van der Waals surface area contributed by atoms with Crippen molar-refractivity contribution in [2.75, 3.05) is 18.5 Å². The molecule has 0 fully saturated rings. The van der Waals surface area contributed by atoms with Crippen molar-refractivity contribution < 1.29 is 14.3 Å². The fourth-order valence-electron chi connectivity index (χ4n) is 2.63. The molecule has 0 atom stereocenters. The molecule has 0 unspecified atom stereocenters. The van der Waals surface area contributed by atoms with Crippen LogP contribution in [0.5, 0.6) is 0 Å². The van der Waals surface area contributed by atoms with Crippen LogP contribution in [0.4, 0.5) is 11.5 Å². The fourth-order valence-corrected chi connectivity index (χ4v) is 2.63. The molecule has 0 aliphatic carbocycles. The number of amides is 1. The van der Waals surface area contributed by atoms with Crippen molar-refractivity contribution in [2.24, 2.45) is 0 Å². The van der Waals surface area contributed by atoms with Crippen LogP contribution in [0.2, 0.25) is 0 Å². The van der Waals surface area contributed by atoms with Gasteiger partial charge in [-0.2, -0.15) is 0 Å². The van der Waals surface area contributed by atoms with Crippen molar-refractivity contribution in [3.05, 3.63) is 83.6 Å². The maximum Gasteiger partial charge on any atom is 0.338 e. The van der Waals surface area contributed by atoms with Crippen LogP contribution in [0.15, 0.2) is 66.7 Å². The summed E-state index contributed by atoms with van der Waals surface area (Å²) in [6, 6.07) is 20.1. The molecule has 7 nitrogen and oxygen atoms in total. The Bertz CT molecular complexity index is 942. The van der Waals surface area contributed by atoms with Crippen molar-refractivity contribution in [3.8, 4) is 0 Å². The average Bonchev–Trinajstić information content (AvgIpc) is 2.75. The van der Waals surface area contributed by atoms with Gasteiger partial charge < -0.3 is 15.4 Å². The molecule has 2 N–H and O–H groups in total. The van der Waals surface area contributed by atoms with Gasteiger partial charge in [-0.15, -0.1) is 10.2 Å². The van der Waals surface area contributed by atoms with Crippen LogP contribution in [-0.2, 0) is 11.2 Å². The number of aromatic nitrogens is 2. The Kier molecular flexibility index (Phi) is 6.89. The first kappa shape index (κ1) is 20.0. The standard InChI is InChI=1S/C22H22N4O3/c1-2-29-22(28)17-8-10-18(11-9-17)24-20-13-12-19(25-26-20)21(27)23-15-14-16-6-4-3-5-7-16/h3-13H,2,14-15H2,1H3,(H,23,27)(H,24,26). The van der Waals surface area contributed by atoms with Crippen molar-refractivity contribution in [3.63, 3.8) is 0 Å². The summed E-state index contributed by atoms with van der Waals surface area (Å²) in [5, 5.41) is 13.9. The number of carbonyl (C=O) groups is 2. The van der Waals surface area contributed by atoms with Gasteiger partial charge in [-0.1, -0.05) is 30.3 Å². The molecule has 29 heavy (non-hydrogen) atoms. The van der Waals surface area contributed by atoms with E-state index in [4.69, 9.17) is 4.74 Å². The van der Waals surface area contributed by atoms with Crippen molar-refractivity contribution >= 4 is 23.4 Å². The highest BCUT2D eigenvalue weighted by Gasteiger charge is 2.09. The summed E-state index contributed by atoms with van der Waals surface area (Å²) in [7, 11) is 0. The highest BCUT2D eigenvalue weighted by atomic mass is 16.5. The van der Waals surface area contributed by atoms with E-state index in [2.05, 4.69) is 20.8 Å². The molecule has 0 radical (unpaired) electrons. The first-order chi connectivity index (χ1) is 14.2. The largest absolute Gasteiger partial charge is 0.462 e. The van der Waals surface area contributed by atoms with Gasteiger partial charge in [0.15, 0.2) is 11.5 Å². The Labute approximate surface area is 169 Å². The Balaban J connectivity index is 1.51. The van der Waals surface area contributed by atoms with Gasteiger partial charge in [0.2, 0.25) is 0 Å². The summed E-state index contributed by atoms with van der Waals surface area (Å²) in [4.78, 5) is 23.8. The summed E-state index contributed by atoms with van der Waals surface area (Å²) >= 11 is 0. The Morgan fingerprint density at radius 2 is 1.69 bits per heavy atom. The number of carbonyl (C=O) groups excluding carboxylic acids is 2. The topological polar surface area (TPSA) is 93.2 Å². The molecule has 0 saturated heterocycles. The quantitative estimate of drug-likeness (QED) is 0.573.